The van der Waals surface area contributed by atoms with Crippen LogP contribution < -0.4 is 5.32 Å². The summed E-state index contributed by atoms with van der Waals surface area (Å²) in [6.07, 6.45) is 2.57. The Hall–Kier alpha value is -2.69. The van der Waals surface area contributed by atoms with Gasteiger partial charge in [0.1, 0.15) is 0 Å². The van der Waals surface area contributed by atoms with E-state index in [1.54, 1.807) is 19.1 Å². The number of amides is 1. The van der Waals surface area contributed by atoms with Crippen LogP contribution in [0, 0.1) is 0 Å². The highest BCUT2D eigenvalue weighted by Crippen LogP contribution is 2.18. The first kappa shape index (κ1) is 17.7. The van der Waals surface area contributed by atoms with Gasteiger partial charge in [0.2, 0.25) is 0 Å². The molecule has 1 N–H and O–H groups in total. The third-order valence-corrected chi connectivity index (χ3v) is 3.67. The van der Waals surface area contributed by atoms with E-state index in [1.165, 1.54) is 18.0 Å². The fourth-order valence-electron chi connectivity index (χ4n) is 2.18. The number of carbonyl (C=O) groups excluding carboxylic acids is 2. The molecule has 1 unspecified atom stereocenters. The summed E-state index contributed by atoms with van der Waals surface area (Å²) in [6.45, 7) is 6.02. The van der Waals surface area contributed by atoms with E-state index >= 15 is 0 Å². The van der Waals surface area contributed by atoms with E-state index in [2.05, 4.69) is 24.1 Å². The summed E-state index contributed by atoms with van der Waals surface area (Å²) >= 11 is 0. The molecule has 126 valence electrons. The third kappa shape index (κ3) is 4.65. The number of benzene rings is 1. The first-order valence-electron chi connectivity index (χ1n) is 8.03. The minimum absolute atomic E-state index is 0.336. The van der Waals surface area contributed by atoms with Crippen LogP contribution in [0.25, 0.3) is 0 Å². The van der Waals surface area contributed by atoms with Crippen LogP contribution in [0.2, 0.25) is 0 Å². The number of pyridine rings is 1. The van der Waals surface area contributed by atoms with Gasteiger partial charge in [-0.3, -0.25) is 9.78 Å². The standard InChI is InChI=1S/C19H22N2O3/c1-4-17(24-19(23)15-9-11-20-12-10-15)18(22)21-16-7-5-14(6-8-16)13(2)3/h5-13,17H,4H2,1-3H3,(H,21,22). The number of hydrogen-bond acceptors (Lipinski definition) is 4. The molecule has 0 saturated heterocycles. The molecule has 0 saturated carbocycles. The molecule has 1 amide bonds. The number of nitrogens with zero attached hydrogens (tertiary/aromatic N) is 1. The summed E-state index contributed by atoms with van der Waals surface area (Å²) in [5, 5.41) is 2.79. The molecule has 0 bridgehead atoms. The van der Waals surface area contributed by atoms with Crippen molar-refractivity contribution in [1.29, 1.82) is 0 Å². The number of nitrogens with one attached hydrogen (secondary N) is 1. The van der Waals surface area contributed by atoms with Gasteiger partial charge in [-0.1, -0.05) is 32.9 Å². The minimum atomic E-state index is -0.838. The summed E-state index contributed by atoms with van der Waals surface area (Å²) in [5.74, 6) is -0.439. The van der Waals surface area contributed by atoms with Crippen LogP contribution in [0.1, 0.15) is 49.0 Å². The summed E-state index contributed by atoms with van der Waals surface area (Å²) in [4.78, 5) is 28.2. The van der Waals surface area contributed by atoms with Gasteiger partial charge >= 0.3 is 5.97 Å². The lowest BCUT2D eigenvalue weighted by molar-refractivity contribution is -0.124. The number of aromatic nitrogens is 1. The smallest absolute Gasteiger partial charge is 0.339 e. The molecule has 1 heterocycles. The highest BCUT2D eigenvalue weighted by Gasteiger charge is 2.22. The van der Waals surface area contributed by atoms with Gasteiger partial charge in [-0.15, -0.1) is 0 Å². The fourth-order valence-corrected chi connectivity index (χ4v) is 2.18. The summed E-state index contributed by atoms with van der Waals surface area (Å²) in [6, 6.07) is 10.8. The minimum Gasteiger partial charge on any atom is -0.449 e. The van der Waals surface area contributed by atoms with Crippen molar-refractivity contribution in [3.63, 3.8) is 0 Å². The Kier molecular flexibility index (Phi) is 6.07. The number of rotatable bonds is 6. The van der Waals surface area contributed by atoms with E-state index in [-0.39, 0.29) is 5.91 Å². The average Bonchev–Trinajstić information content (AvgIpc) is 2.60. The molecule has 5 nitrogen and oxygen atoms in total. The van der Waals surface area contributed by atoms with Crippen LogP contribution in [-0.2, 0) is 9.53 Å². The molecular formula is C19H22N2O3. The molecule has 1 aromatic carbocycles. The van der Waals surface area contributed by atoms with Crippen molar-refractivity contribution in [2.75, 3.05) is 5.32 Å². The maximum Gasteiger partial charge on any atom is 0.339 e. The highest BCUT2D eigenvalue weighted by atomic mass is 16.5. The predicted octanol–water partition coefficient (Wildman–Crippen LogP) is 3.78. The van der Waals surface area contributed by atoms with Crippen LogP contribution in [0.3, 0.4) is 0 Å². The van der Waals surface area contributed by atoms with Crippen molar-refractivity contribution in [2.24, 2.45) is 0 Å². The summed E-state index contributed by atoms with van der Waals surface area (Å²) < 4.78 is 5.30. The monoisotopic (exact) mass is 326 g/mol. The predicted molar refractivity (Wildman–Crippen MR) is 92.9 cm³/mol. The number of ether oxygens (including phenoxy) is 1. The fraction of sp³-hybridized carbons (Fsp3) is 0.316. The molecular weight excluding hydrogens is 304 g/mol. The maximum atomic E-state index is 12.3. The maximum absolute atomic E-state index is 12.3. The van der Waals surface area contributed by atoms with E-state index in [0.29, 0.717) is 23.6 Å². The van der Waals surface area contributed by atoms with Crippen molar-refractivity contribution in [3.05, 3.63) is 59.9 Å². The van der Waals surface area contributed by atoms with Crippen LogP contribution in [-0.4, -0.2) is 23.0 Å². The highest BCUT2D eigenvalue weighted by molar-refractivity contribution is 5.97. The first-order valence-corrected chi connectivity index (χ1v) is 8.03. The largest absolute Gasteiger partial charge is 0.449 e. The topological polar surface area (TPSA) is 68.3 Å². The molecule has 2 aromatic rings. The average molecular weight is 326 g/mol. The second-order valence-electron chi connectivity index (χ2n) is 5.80. The molecule has 5 heteroatoms. The first-order chi connectivity index (χ1) is 11.5. The molecule has 1 aromatic heterocycles. The van der Waals surface area contributed by atoms with Crippen molar-refractivity contribution in [1.82, 2.24) is 4.98 Å². The lowest BCUT2D eigenvalue weighted by Gasteiger charge is -2.16. The number of hydrogen-bond donors (Lipinski definition) is 1. The van der Waals surface area contributed by atoms with E-state index in [0.717, 1.165) is 0 Å². The number of esters is 1. The Bertz CT molecular complexity index is 682. The Morgan fingerprint density at radius 1 is 1.08 bits per heavy atom. The van der Waals surface area contributed by atoms with E-state index in [4.69, 9.17) is 4.74 Å². The molecule has 24 heavy (non-hydrogen) atoms. The lowest BCUT2D eigenvalue weighted by atomic mass is 10.0. The summed E-state index contributed by atoms with van der Waals surface area (Å²) in [5.41, 5.74) is 2.25. The zero-order valence-electron chi connectivity index (χ0n) is 14.2. The summed E-state index contributed by atoms with van der Waals surface area (Å²) in [7, 11) is 0. The van der Waals surface area contributed by atoms with E-state index in [9.17, 15) is 9.59 Å². The Balaban J connectivity index is 1.99. The molecule has 0 aliphatic heterocycles. The van der Waals surface area contributed by atoms with Crippen LogP contribution >= 0.6 is 0 Å². The van der Waals surface area contributed by atoms with Gasteiger partial charge in [-0.25, -0.2) is 4.79 Å². The number of carbonyl (C=O) groups is 2. The lowest BCUT2D eigenvalue weighted by Crippen LogP contribution is -2.32. The van der Waals surface area contributed by atoms with Gasteiger partial charge in [0.15, 0.2) is 6.10 Å². The van der Waals surface area contributed by atoms with E-state index in [1.807, 2.05) is 24.3 Å². The normalized spacial score (nSPS) is 11.8. The third-order valence-electron chi connectivity index (χ3n) is 3.67. The Morgan fingerprint density at radius 2 is 1.71 bits per heavy atom. The Labute approximate surface area is 142 Å². The van der Waals surface area contributed by atoms with Gasteiger partial charge < -0.3 is 10.1 Å². The second kappa shape index (κ2) is 8.24. The van der Waals surface area contributed by atoms with Gasteiger partial charge in [0, 0.05) is 18.1 Å². The van der Waals surface area contributed by atoms with Gasteiger partial charge in [-0.05, 0) is 42.2 Å². The van der Waals surface area contributed by atoms with Gasteiger partial charge in [0.05, 0.1) is 5.56 Å². The van der Waals surface area contributed by atoms with Gasteiger partial charge in [-0.2, -0.15) is 0 Å². The van der Waals surface area contributed by atoms with Crippen LogP contribution in [0.15, 0.2) is 48.8 Å². The molecule has 0 radical (unpaired) electrons. The molecule has 0 fully saturated rings. The van der Waals surface area contributed by atoms with Gasteiger partial charge in [0.25, 0.3) is 5.91 Å². The Morgan fingerprint density at radius 3 is 2.25 bits per heavy atom. The van der Waals surface area contributed by atoms with E-state index < -0.39 is 12.1 Å². The molecule has 2 rings (SSSR count). The van der Waals surface area contributed by atoms with Crippen molar-refractivity contribution < 1.29 is 14.3 Å². The molecule has 0 aliphatic carbocycles. The SMILES string of the molecule is CCC(OC(=O)c1ccncc1)C(=O)Nc1ccc(C(C)C)cc1. The molecule has 0 spiro atoms. The zero-order valence-corrected chi connectivity index (χ0v) is 14.2. The zero-order chi connectivity index (χ0) is 17.5. The second-order valence-corrected chi connectivity index (χ2v) is 5.80. The quantitative estimate of drug-likeness (QED) is 0.820. The van der Waals surface area contributed by atoms with Crippen LogP contribution in [0.4, 0.5) is 5.69 Å². The van der Waals surface area contributed by atoms with Crippen molar-refractivity contribution in [2.45, 2.75) is 39.2 Å². The van der Waals surface area contributed by atoms with Crippen molar-refractivity contribution >= 4 is 17.6 Å². The molecule has 0 aliphatic rings. The molecule has 1 atom stereocenters. The van der Waals surface area contributed by atoms with Crippen LogP contribution in [0.5, 0.6) is 0 Å². The van der Waals surface area contributed by atoms with Crippen molar-refractivity contribution in [3.8, 4) is 0 Å². The number of anilines is 1.